The maximum Gasteiger partial charge on any atom is 0.341 e. The Balaban J connectivity index is 1.96. The molecule has 0 aliphatic heterocycles. The van der Waals surface area contributed by atoms with Crippen molar-refractivity contribution in [3.05, 3.63) is 101 Å². The molecule has 0 aromatic heterocycles. The van der Waals surface area contributed by atoms with Gasteiger partial charge in [-0.3, -0.25) is 9.63 Å². The molecule has 1 aliphatic carbocycles. The zero-order valence-electron chi connectivity index (χ0n) is 18.5. The Hall–Kier alpha value is -3.64. The lowest BCUT2D eigenvalue weighted by molar-refractivity contribution is -0.139. The minimum Gasteiger partial charge on any atom is -0.482 e. The van der Waals surface area contributed by atoms with Crippen molar-refractivity contribution in [1.29, 1.82) is 0 Å². The third-order valence-electron chi connectivity index (χ3n) is 6.35. The van der Waals surface area contributed by atoms with E-state index >= 15 is 0 Å². The number of nitrogens with one attached hydrogen (secondary N) is 1. The van der Waals surface area contributed by atoms with Gasteiger partial charge >= 0.3 is 5.97 Å². The largest absolute Gasteiger partial charge is 0.482 e. The van der Waals surface area contributed by atoms with Crippen molar-refractivity contribution < 1.29 is 24.3 Å². The van der Waals surface area contributed by atoms with E-state index in [0.717, 1.165) is 41.5 Å². The summed E-state index contributed by atoms with van der Waals surface area (Å²) in [5, 5.41) is 9.10. The van der Waals surface area contributed by atoms with Crippen molar-refractivity contribution in [2.45, 2.75) is 30.6 Å². The van der Waals surface area contributed by atoms with Crippen LogP contribution in [0.3, 0.4) is 0 Å². The standard InChI is InChI=1S/C27H27NO5/c1-32-28-26(31)27(19-10-4-2-5-11-19,20-12-6-3-7-13-20)23-16-8-15-22-21(23)14-9-17-24(22)33-18-25(29)30/h2-7,9-14,17,23H,8,15-16,18H2,1H3,(H,28,31)(H,29,30). The third-order valence-corrected chi connectivity index (χ3v) is 6.35. The van der Waals surface area contributed by atoms with Crippen LogP contribution in [-0.4, -0.2) is 30.7 Å². The second-order valence-corrected chi connectivity index (χ2v) is 8.13. The number of rotatable bonds is 8. The van der Waals surface area contributed by atoms with E-state index in [-0.39, 0.29) is 11.8 Å². The molecule has 6 heteroatoms. The maximum absolute atomic E-state index is 13.9. The van der Waals surface area contributed by atoms with E-state index in [9.17, 15) is 9.59 Å². The normalized spacial score (nSPS) is 15.4. The molecule has 0 radical (unpaired) electrons. The van der Waals surface area contributed by atoms with Crippen LogP contribution in [0.25, 0.3) is 0 Å². The minimum atomic E-state index is -1.06. The lowest BCUT2D eigenvalue weighted by atomic mass is 9.59. The molecule has 0 saturated carbocycles. The van der Waals surface area contributed by atoms with Crippen LogP contribution in [0, 0.1) is 0 Å². The predicted molar refractivity (Wildman–Crippen MR) is 124 cm³/mol. The summed E-state index contributed by atoms with van der Waals surface area (Å²) in [5.41, 5.74) is 5.23. The molecule has 33 heavy (non-hydrogen) atoms. The van der Waals surface area contributed by atoms with Crippen LogP contribution in [0.2, 0.25) is 0 Å². The van der Waals surface area contributed by atoms with Crippen LogP contribution in [-0.2, 0) is 26.3 Å². The number of fused-ring (bicyclic) bond motifs is 1. The Morgan fingerprint density at radius 3 is 2.18 bits per heavy atom. The summed E-state index contributed by atoms with van der Waals surface area (Å²) in [5.74, 6) is -0.934. The van der Waals surface area contributed by atoms with Crippen molar-refractivity contribution >= 4 is 11.9 Å². The number of hydrogen-bond acceptors (Lipinski definition) is 4. The molecule has 1 amide bonds. The van der Waals surface area contributed by atoms with Gasteiger partial charge < -0.3 is 9.84 Å². The molecule has 1 unspecified atom stereocenters. The smallest absolute Gasteiger partial charge is 0.341 e. The van der Waals surface area contributed by atoms with Crippen molar-refractivity contribution in [2.24, 2.45) is 0 Å². The minimum absolute atomic E-state index is 0.213. The molecule has 170 valence electrons. The number of carboxylic acids is 1. The van der Waals surface area contributed by atoms with Gasteiger partial charge in [0, 0.05) is 5.92 Å². The molecule has 1 atom stereocenters. The zero-order chi connectivity index (χ0) is 23.3. The highest BCUT2D eigenvalue weighted by Gasteiger charge is 2.50. The Bertz CT molecular complexity index is 1070. The van der Waals surface area contributed by atoms with Gasteiger partial charge in [0.2, 0.25) is 0 Å². The summed E-state index contributed by atoms with van der Waals surface area (Å²) in [6.07, 6.45) is 2.37. The molecule has 0 spiro atoms. The molecule has 0 saturated heterocycles. The second-order valence-electron chi connectivity index (χ2n) is 8.13. The summed E-state index contributed by atoms with van der Waals surface area (Å²) in [6, 6.07) is 25.2. The average molecular weight is 446 g/mol. The maximum atomic E-state index is 13.9. The summed E-state index contributed by atoms with van der Waals surface area (Å²) in [4.78, 5) is 30.2. The van der Waals surface area contributed by atoms with Crippen molar-refractivity contribution in [3.8, 4) is 5.75 Å². The number of carbonyl (C=O) groups is 2. The SMILES string of the molecule is CONC(=O)C(c1ccccc1)(c1ccccc1)C1CCCc2c(OCC(=O)O)cccc21. The topological polar surface area (TPSA) is 84.9 Å². The number of carboxylic acid groups (broad SMARTS) is 1. The molecular weight excluding hydrogens is 418 g/mol. The fraction of sp³-hybridized carbons (Fsp3) is 0.259. The number of benzene rings is 3. The molecule has 0 fully saturated rings. The molecule has 2 N–H and O–H groups in total. The molecule has 3 aromatic rings. The molecule has 1 aliphatic rings. The second kappa shape index (κ2) is 9.88. The van der Waals surface area contributed by atoms with Gasteiger partial charge in [0.1, 0.15) is 11.2 Å². The average Bonchev–Trinajstić information content (AvgIpc) is 2.85. The van der Waals surface area contributed by atoms with E-state index in [0.29, 0.717) is 5.75 Å². The van der Waals surface area contributed by atoms with Gasteiger partial charge in [0.15, 0.2) is 6.61 Å². The lowest BCUT2D eigenvalue weighted by Crippen LogP contribution is -2.50. The summed E-state index contributed by atoms with van der Waals surface area (Å²) >= 11 is 0. The van der Waals surface area contributed by atoms with Crippen LogP contribution in [0.1, 0.15) is 41.0 Å². The first kappa shape index (κ1) is 22.6. The van der Waals surface area contributed by atoms with Gasteiger partial charge in [-0.15, -0.1) is 0 Å². The van der Waals surface area contributed by atoms with Gasteiger partial charge in [0.25, 0.3) is 5.91 Å². The summed E-state index contributed by atoms with van der Waals surface area (Å²) < 4.78 is 5.62. The van der Waals surface area contributed by atoms with E-state index in [4.69, 9.17) is 14.7 Å². The van der Waals surface area contributed by atoms with Gasteiger partial charge in [-0.2, -0.15) is 0 Å². The number of hydroxylamine groups is 1. The van der Waals surface area contributed by atoms with E-state index < -0.39 is 18.0 Å². The number of carbonyl (C=O) groups excluding carboxylic acids is 1. The van der Waals surface area contributed by atoms with E-state index in [2.05, 4.69) is 5.48 Å². The highest BCUT2D eigenvalue weighted by atomic mass is 16.6. The molecule has 0 bridgehead atoms. The lowest BCUT2D eigenvalue weighted by Gasteiger charge is -2.43. The highest BCUT2D eigenvalue weighted by Crippen LogP contribution is 2.51. The van der Waals surface area contributed by atoms with Crippen molar-refractivity contribution in [1.82, 2.24) is 5.48 Å². The van der Waals surface area contributed by atoms with Crippen LogP contribution < -0.4 is 10.2 Å². The fourth-order valence-electron chi connectivity index (χ4n) is 5.10. The Morgan fingerprint density at radius 2 is 1.61 bits per heavy atom. The number of hydrogen-bond donors (Lipinski definition) is 2. The van der Waals surface area contributed by atoms with Crippen molar-refractivity contribution in [2.75, 3.05) is 13.7 Å². The van der Waals surface area contributed by atoms with E-state index in [1.54, 1.807) is 6.07 Å². The zero-order valence-corrected chi connectivity index (χ0v) is 18.5. The Morgan fingerprint density at radius 1 is 0.970 bits per heavy atom. The fourth-order valence-corrected chi connectivity index (χ4v) is 5.10. The number of ether oxygens (including phenoxy) is 1. The first-order valence-corrected chi connectivity index (χ1v) is 11.0. The van der Waals surface area contributed by atoms with E-state index in [1.807, 2.05) is 72.8 Å². The molecule has 6 nitrogen and oxygen atoms in total. The molecular formula is C27H27NO5. The Labute approximate surface area is 193 Å². The number of amides is 1. The van der Waals surface area contributed by atoms with Crippen LogP contribution in [0.4, 0.5) is 0 Å². The first-order chi connectivity index (χ1) is 16.1. The highest BCUT2D eigenvalue weighted by molar-refractivity contribution is 5.93. The molecule has 0 heterocycles. The third kappa shape index (κ3) is 4.22. The quantitative estimate of drug-likeness (QED) is 0.507. The van der Waals surface area contributed by atoms with Gasteiger partial charge in [-0.25, -0.2) is 10.3 Å². The first-order valence-electron chi connectivity index (χ1n) is 11.0. The van der Waals surface area contributed by atoms with Gasteiger partial charge in [-0.1, -0.05) is 72.8 Å². The van der Waals surface area contributed by atoms with Crippen molar-refractivity contribution in [3.63, 3.8) is 0 Å². The molecule has 4 rings (SSSR count). The molecule has 3 aromatic carbocycles. The monoisotopic (exact) mass is 445 g/mol. The summed E-state index contributed by atoms with van der Waals surface area (Å²) in [7, 11) is 1.44. The van der Waals surface area contributed by atoms with E-state index in [1.165, 1.54) is 7.11 Å². The van der Waals surface area contributed by atoms with Crippen LogP contribution in [0.5, 0.6) is 5.75 Å². The predicted octanol–water partition coefficient (Wildman–Crippen LogP) is 4.23. The van der Waals surface area contributed by atoms with Crippen LogP contribution >= 0.6 is 0 Å². The van der Waals surface area contributed by atoms with Gasteiger partial charge in [-0.05, 0) is 47.6 Å². The number of aliphatic carboxylic acids is 1. The van der Waals surface area contributed by atoms with Crippen LogP contribution in [0.15, 0.2) is 78.9 Å². The van der Waals surface area contributed by atoms with Gasteiger partial charge in [0.05, 0.1) is 7.11 Å². The Kier molecular flexibility index (Phi) is 6.75. The summed E-state index contributed by atoms with van der Waals surface area (Å²) in [6.45, 7) is -0.409.